The largest absolute Gasteiger partial charge is 0.440 e. The van der Waals surface area contributed by atoms with E-state index in [1.54, 1.807) is 6.07 Å². The highest BCUT2D eigenvalue weighted by Crippen LogP contribution is 2.39. The van der Waals surface area contributed by atoms with Crippen LogP contribution in [0.4, 0.5) is 4.39 Å². The first-order chi connectivity index (χ1) is 10.1. The number of benzene rings is 1. The van der Waals surface area contributed by atoms with Crippen LogP contribution in [0.2, 0.25) is 23.2 Å². The van der Waals surface area contributed by atoms with Crippen LogP contribution >= 0.6 is 11.6 Å². The van der Waals surface area contributed by atoms with E-state index >= 15 is 0 Å². The second-order valence-electron chi connectivity index (χ2n) is 6.80. The molecule has 120 valence electrons. The van der Waals surface area contributed by atoms with Crippen LogP contribution in [-0.4, -0.2) is 13.3 Å². The lowest BCUT2D eigenvalue weighted by Crippen LogP contribution is -2.40. The number of halogens is 2. The first kappa shape index (κ1) is 17.2. The molecular formula is C16H21ClFNO2Si. The van der Waals surface area contributed by atoms with Crippen molar-refractivity contribution < 1.29 is 13.2 Å². The molecule has 0 aliphatic rings. The topological polar surface area (TPSA) is 35.3 Å². The van der Waals surface area contributed by atoms with Gasteiger partial charge in [0.15, 0.2) is 20.5 Å². The van der Waals surface area contributed by atoms with Crippen molar-refractivity contribution in [1.82, 2.24) is 4.98 Å². The van der Waals surface area contributed by atoms with Gasteiger partial charge in [0.1, 0.15) is 0 Å². The number of oxazole rings is 1. The van der Waals surface area contributed by atoms with Gasteiger partial charge in [0.2, 0.25) is 0 Å². The SMILES string of the molecule is CC(C)(C)[Si](C)(C)OCc1cccc(Cl)c1-c1ocnc1F. The number of rotatable bonds is 4. The summed E-state index contributed by atoms with van der Waals surface area (Å²) in [6, 6.07) is 5.40. The molecule has 1 heterocycles. The first-order valence-corrected chi connectivity index (χ1v) is 10.4. The van der Waals surface area contributed by atoms with Gasteiger partial charge >= 0.3 is 0 Å². The van der Waals surface area contributed by atoms with Crippen LogP contribution in [0.15, 0.2) is 29.0 Å². The summed E-state index contributed by atoms with van der Waals surface area (Å²) in [5.74, 6) is -0.610. The fourth-order valence-electron chi connectivity index (χ4n) is 1.81. The van der Waals surface area contributed by atoms with Crippen molar-refractivity contribution in [3.05, 3.63) is 41.1 Å². The summed E-state index contributed by atoms with van der Waals surface area (Å²) >= 11 is 6.23. The zero-order valence-electron chi connectivity index (χ0n) is 13.5. The van der Waals surface area contributed by atoms with Gasteiger partial charge in [-0.1, -0.05) is 44.5 Å². The maximum Gasteiger partial charge on any atom is 0.259 e. The third-order valence-electron chi connectivity index (χ3n) is 4.25. The highest BCUT2D eigenvalue weighted by molar-refractivity contribution is 6.74. The van der Waals surface area contributed by atoms with Crippen molar-refractivity contribution in [2.45, 2.75) is 45.5 Å². The van der Waals surface area contributed by atoms with E-state index in [1.165, 1.54) is 0 Å². The summed E-state index contributed by atoms with van der Waals surface area (Å²) in [7, 11) is -1.91. The third-order valence-corrected chi connectivity index (χ3v) is 9.04. The number of hydrogen-bond acceptors (Lipinski definition) is 3. The molecule has 2 rings (SSSR count). The average molecular weight is 342 g/mol. The fourth-order valence-corrected chi connectivity index (χ4v) is 3.04. The Hall–Kier alpha value is -1.17. The van der Waals surface area contributed by atoms with E-state index in [9.17, 15) is 4.39 Å². The molecule has 6 heteroatoms. The number of aromatic nitrogens is 1. The molecule has 0 unspecified atom stereocenters. The molecule has 1 aromatic carbocycles. The Morgan fingerprint density at radius 2 is 2.00 bits per heavy atom. The second kappa shape index (κ2) is 6.14. The Morgan fingerprint density at radius 3 is 2.55 bits per heavy atom. The van der Waals surface area contributed by atoms with Gasteiger partial charge in [0, 0.05) is 5.56 Å². The minimum atomic E-state index is -1.91. The molecule has 0 bridgehead atoms. The molecule has 0 saturated carbocycles. The summed E-state index contributed by atoms with van der Waals surface area (Å²) < 4.78 is 25.1. The van der Waals surface area contributed by atoms with Gasteiger partial charge in [-0.3, -0.25) is 0 Å². The van der Waals surface area contributed by atoms with Crippen LogP contribution in [-0.2, 0) is 11.0 Å². The molecule has 0 aliphatic heterocycles. The molecule has 3 nitrogen and oxygen atoms in total. The monoisotopic (exact) mass is 341 g/mol. The Bertz CT molecular complexity index is 664. The average Bonchev–Trinajstić information content (AvgIpc) is 2.81. The highest BCUT2D eigenvalue weighted by atomic mass is 35.5. The van der Waals surface area contributed by atoms with Crippen LogP contribution in [0.25, 0.3) is 11.3 Å². The summed E-state index contributed by atoms with van der Waals surface area (Å²) in [6.45, 7) is 11.2. The second-order valence-corrected chi connectivity index (χ2v) is 12.0. The zero-order chi connectivity index (χ0) is 16.5. The van der Waals surface area contributed by atoms with Gasteiger partial charge in [-0.15, -0.1) is 0 Å². The molecule has 1 aromatic heterocycles. The minimum absolute atomic E-state index is 0.0550. The quantitative estimate of drug-likeness (QED) is 0.673. The van der Waals surface area contributed by atoms with Crippen molar-refractivity contribution in [3.8, 4) is 11.3 Å². The lowest BCUT2D eigenvalue weighted by atomic mass is 10.1. The zero-order valence-corrected chi connectivity index (χ0v) is 15.3. The van der Waals surface area contributed by atoms with Crippen LogP contribution in [0.3, 0.4) is 0 Å². The Kier molecular flexibility index (Phi) is 4.80. The molecule has 22 heavy (non-hydrogen) atoms. The van der Waals surface area contributed by atoms with E-state index in [-0.39, 0.29) is 10.8 Å². The lowest BCUT2D eigenvalue weighted by Gasteiger charge is -2.36. The molecule has 0 spiro atoms. The normalized spacial score (nSPS) is 12.7. The summed E-state index contributed by atoms with van der Waals surface area (Å²) in [6.07, 6.45) is 1.08. The molecular weight excluding hydrogens is 321 g/mol. The molecule has 0 fully saturated rings. The van der Waals surface area contributed by atoms with Crippen LogP contribution in [0.5, 0.6) is 0 Å². The predicted octanol–water partition coefficient (Wildman–Crippen LogP) is 5.66. The third kappa shape index (κ3) is 3.42. The van der Waals surface area contributed by atoms with Crippen LogP contribution < -0.4 is 0 Å². The maximum absolute atomic E-state index is 13.8. The van der Waals surface area contributed by atoms with Crippen molar-refractivity contribution in [1.29, 1.82) is 0 Å². The Balaban J connectivity index is 2.34. The molecule has 0 N–H and O–H groups in total. The van der Waals surface area contributed by atoms with E-state index in [0.717, 1.165) is 12.0 Å². The smallest absolute Gasteiger partial charge is 0.259 e. The van der Waals surface area contributed by atoms with Gasteiger partial charge in [-0.05, 0) is 29.8 Å². The van der Waals surface area contributed by atoms with Gasteiger partial charge in [0.25, 0.3) is 5.95 Å². The van der Waals surface area contributed by atoms with Crippen molar-refractivity contribution in [2.24, 2.45) is 0 Å². The Labute approximate surface area is 136 Å². The maximum atomic E-state index is 13.8. The minimum Gasteiger partial charge on any atom is -0.440 e. The summed E-state index contributed by atoms with van der Waals surface area (Å²) in [5.41, 5.74) is 1.31. The highest BCUT2D eigenvalue weighted by Gasteiger charge is 2.37. The first-order valence-electron chi connectivity index (χ1n) is 7.14. The molecule has 0 saturated heterocycles. The number of nitrogens with zero attached hydrogens (tertiary/aromatic N) is 1. The molecule has 0 atom stereocenters. The van der Waals surface area contributed by atoms with E-state index < -0.39 is 14.3 Å². The molecule has 0 aliphatic carbocycles. The van der Waals surface area contributed by atoms with E-state index in [2.05, 4.69) is 38.8 Å². The van der Waals surface area contributed by atoms with E-state index in [0.29, 0.717) is 17.2 Å². The van der Waals surface area contributed by atoms with Gasteiger partial charge in [-0.25, -0.2) is 0 Å². The van der Waals surface area contributed by atoms with Gasteiger partial charge < -0.3 is 8.84 Å². The van der Waals surface area contributed by atoms with Gasteiger partial charge in [-0.2, -0.15) is 9.37 Å². The Morgan fingerprint density at radius 1 is 1.32 bits per heavy atom. The predicted molar refractivity (Wildman–Crippen MR) is 88.9 cm³/mol. The summed E-state index contributed by atoms with van der Waals surface area (Å²) in [5, 5.41) is 0.524. The van der Waals surface area contributed by atoms with Crippen molar-refractivity contribution >= 4 is 19.9 Å². The van der Waals surface area contributed by atoms with Gasteiger partial charge in [0.05, 0.1) is 11.6 Å². The van der Waals surface area contributed by atoms with Crippen LogP contribution in [0.1, 0.15) is 26.3 Å². The fraction of sp³-hybridized carbons (Fsp3) is 0.438. The molecule has 2 aromatic rings. The number of hydrogen-bond donors (Lipinski definition) is 0. The van der Waals surface area contributed by atoms with E-state index in [1.807, 2.05) is 12.1 Å². The van der Waals surface area contributed by atoms with Crippen molar-refractivity contribution in [2.75, 3.05) is 0 Å². The van der Waals surface area contributed by atoms with Crippen molar-refractivity contribution in [3.63, 3.8) is 0 Å². The van der Waals surface area contributed by atoms with Crippen LogP contribution in [0, 0.1) is 5.95 Å². The summed E-state index contributed by atoms with van der Waals surface area (Å²) in [4.78, 5) is 3.50. The standard InChI is InChI=1S/C16H21ClFNO2Si/c1-16(2,3)22(4,5)21-9-11-7-6-8-12(17)13(11)14-15(18)19-10-20-14/h6-8,10H,9H2,1-5H3. The van der Waals surface area contributed by atoms with E-state index in [4.69, 9.17) is 20.4 Å². The lowest BCUT2D eigenvalue weighted by molar-refractivity contribution is 0.276. The molecule has 0 amide bonds. The molecule has 0 radical (unpaired) electrons.